The molecule has 0 aromatic rings. The lowest BCUT2D eigenvalue weighted by Crippen LogP contribution is -2.69. The quantitative estimate of drug-likeness (QED) is 0.240. The van der Waals surface area contributed by atoms with Crippen LogP contribution in [0.15, 0.2) is 23.2 Å². The molecule has 0 aromatic heterocycles. The Bertz CT molecular complexity index is 304. The highest BCUT2D eigenvalue weighted by molar-refractivity contribution is 5.41. The van der Waals surface area contributed by atoms with Gasteiger partial charge in [-0.3, -0.25) is 5.73 Å². The number of hydrogen-bond acceptors (Lipinski definition) is 6. The number of aliphatic hydroxyl groups excluding tert-OH is 1. The van der Waals surface area contributed by atoms with E-state index in [1.165, 1.54) is 13.0 Å². The predicted molar refractivity (Wildman–Crippen MR) is 47.8 cm³/mol. The van der Waals surface area contributed by atoms with Gasteiger partial charge in [-0.05, 0) is 13.0 Å². The zero-order valence-electron chi connectivity index (χ0n) is 7.28. The molecule has 0 radical (unpaired) electrons. The van der Waals surface area contributed by atoms with Crippen LogP contribution in [0.4, 0.5) is 0 Å². The highest BCUT2D eigenvalue weighted by Crippen LogP contribution is 2.31. The van der Waals surface area contributed by atoms with E-state index in [0.29, 0.717) is 0 Å². The Balaban J connectivity index is 3.34. The lowest BCUT2D eigenvalue weighted by molar-refractivity contribution is 0.00496. The largest absolute Gasteiger partial charge is 0.508 e. The second-order valence-corrected chi connectivity index (χ2v) is 3.37. The third-order valence-electron chi connectivity index (χ3n) is 2.31. The van der Waals surface area contributed by atoms with Crippen molar-refractivity contribution in [2.45, 2.75) is 18.2 Å². The normalized spacial score (nSPS) is 40.5. The first-order valence-corrected chi connectivity index (χ1v) is 3.68. The van der Waals surface area contributed by atoms with Crippen molar-refractivity contribution < 1.29 is 10.2 Å². The number of rotatable bonds is 0. The molecule has 6 heteroatoms. The van der Waals surface area contributed by atoms with Crippen LogP contribution in [0.1, 0.15) is 6.92 Å². The van der Waals surface area contributed by atoms with Crippen molar-refractivity contribution in [1.29, 1.82) is 0 Å². The molecular formula is C7H14N4O2. The summed E-state index contributed by atoms with van der Waals surface area (Å²) in [5.41, 5.74) is 18.2. The molecular weight excluding hydrogens is 172 g/mol. The molecule has 0 saturated heterocycles. The summed E-state index contributed by atoms with van der Waals surface area (Å²) in [4.78, 5) is 0. The molecule has 1 aliphatic carbocycles. The third kappa shape index (κ3) is 1.07. The average molecular weight is 186 g/mol. The highest BCUT2D eigenvalue weighted by atomic mass is 16.3. The van der Waals surface area contributed by atoms with E-state index in [-0.39, 0.29) is 17.2 Å². The summed E-state index contributed by atoms with van der Waals surface area (Å²) in [5, 5.41) is 19.1. The summed E-state index contributed by atoms with van der Waals surface area (Å²) in [6.07, 6.45) is 1.18. The van der Waals surface area contributed by atoms with Gasteiger partial charge in [0.2, 0.25) is 0 Å². The molecule has 13 heavy (non-hydrogen) atoms. The minimum atomic E-state index is -1.99. The molecule has 0 aromatic carbocycles. The highest BCUT2D eigenvalue weighted by Gasteiger charge is 2.49. The van der Waals surface area contributed by atoms with Crippen molar-refractivity contribution in [3.8, 4) is 0 Å². The van der Waals surface area contributed by atoms with Gasteiger partial charge >= 0.3 is 0 Å². The Morgan fingerprint density at radius 1 is 1.31 bits per heavy atom. The molecule has 2 atom stereocenters. The van der Waals surface area contributed by atoms with E-state index in [4.69, 9.17) is 22.9 Å². The van der Waals surface area contributed by atoms with Crippen LogP contribution < -0.4 is 22.9 Å². The topological polar surface area (TPSA) is 145 Å². The van der Waals surface area contributed by atoms with Crippen LogP contribution in [0.2, 0.25) is 0 Å². The maximum atomic E-state index is 9.67. The molecule has 0 heterocycles. The van der Waals surface area contributed by atoms with Gasteiger partial charge in [0.15, 0.2) is 5.72 Å². The third-order valence-corrected chi connectivity index (χ3v) is 2.31. The summed E-state index contributed by atoms with van der Waals surface area (Å²) < 4.78 is 0. The summed E-state index contributed by atoms with van der Waals surface area (Å²) in [6.45, 7) is 1.34. The van der Waals surface area contributed by atoms with Gasteiger partial charge in [0.25, 0.3) is 0 Å². The summed E-state index contributed by atoms with van der Waals surface area (Å²) in [7, 11) is 0. The lowest BCUT2D eigenvalue weighted by atomic mass is 9.81. The van der Waals surface area contributed by atoms with E-state index in [2.05, 4.69) is 0 Å². The molecule has 0 bridgehead atoms. The molecule has 0 saturated carbocycles. The van der Waals surface area contributed by atoms with Crippen LogP contribution in [0, 0.1) is 0 Å². The average Bonchev–Trinajstić information content (AvgIpc) is 2.00. The van der Waals surface area contributed by atoms with Crippen LogP contribution in [-0.2, 0) is 0 Å². The summed E-state index contributed by atoms with van der Waals surface area (Å²) >= 11 is 0. The van der Waals surface area contributed by atoms with Gasteiger partial charge in [0.1, 0.15) is 11.3 Å². The maximum absolute atomic E-state index is 9.67. The fourth-order valence-corrected chi connectivity index (χ4v) is 1.13. The van der Waals surface area contributed by atoms with Crippen molar-refractivity contribution >= 4 is 0 Å². The van der Waals surface area contributed by atoms with Crippen LogP contribution in [0.25, 0.3) is 0 Å². The Morgan fingerprint density at radius 3 is 2.23 bits per heavy atom. The van der Waals surface area contributed by atoms with Crippen LogP contribution in [0.5, 0.6) is 0 Å². The van der Waals surface area contributed by atoms with Crippen LogP contribution >= 0.6 is 0 Å². The maximum Gasteiger partial charge on any atom is 0.179 e. The van der Waals surface area contributed by atoms with Gasteiger partial charge in [-0.15, -0.1) is 0 Å². The van der Waals surface area contributed by atoms with Gasteiger partial charge < -0.3 is 27.4 Å². The molecule has 1 rings (SSSR count). The van der Waals surface area contributed by atoms with Crippen molar-refractivity contribution in [3.05, 3.63) is 23.2 Å². The van der Waals surface area contributed by atoms with E-state index < -0.39 is 11.3 Å². The van der Waals surface area contributed by atoms with Gasteiger partial charge in [-0.2, -0.15) is 0 Å². The van der Waals surface area contributed by atoms with Gasteiger partial charge in [-0.25, -0.2) is 0 Å². The fraction of sp³-hybridized carbons (Fsp3) is 0.429. The van der Waals surface area contributed by atoms with Crippen molar-refractivity contribution in [1.82, 2.24) is 0 Å². The van der Waals surface area contributed by atoms with Gasteiger partial charge in [0, 0.05) is 0 Å². The molecule has 0 amide bonds. The Hall–Kier alpha value is -1.24. The molecule has 0 spiro atoms. The smallest absolute Gasteiger partial charge is 0.179 e. The molecule has 1 aliphatic rings. The Morgan fingerprint density at radius 2 is 1.77 bits per heavy atom. The second kappa shape index (κ2) is 2.38. The predicted octanol–water partition coefficient (Wildman–Crippen LogP) is -2.06. The zero-order chi connectivity index (χ0) is 10.4. The van der Waals surface area contributed by atoms with Crippen molar-refractivity contribution in [2.24, 2.45) is 22.9 Å². The fourth-order valence-electron chi connectivity index (χ4n) is 1.13. The van der Waals surface area contributed by atoms with E-state index in [1.54, 1.807) is 0 Å². The standard InChI is InChI=1S/C7H14N4O2/c1-6(10)5(12)3(8)2-4(9)7(6,11)13/h2,12-13H,8-11H2,1H3. The van der Waals surface area contributed by atoms with E-state index in [1.807, 2.05) is 0 Å². The molecule has 2 unspecified atom stereocenters. The number of allylic oxidation sites excluding steroid dienone is 1. The van der Waals surface area contributed by atoms with Gasteiger partial charge in [-0.1, -0.05) is 0 Å². The molecule has 0 aliphatic heterocycles. The van der Waals surface area contributed by atoms with Gasteiger partial charge in [0.05, 0.1) is 11.4 Å². The lowest BCUT2D eigenvalue weighted by Gasteiger charge is -2.41. The van der Waals surface area contributed by atoms with Crippen molar-refractivity contribution in [2.75, 3.05) is 0 Å². The Labute approximate surface area is 75.5 Å². The first kappa shape index (κ1) is 9.85. The number of hydrogen-bond donors (Lipinski definition) is 6. The summed E-state index contributed by atoms with van der Waals surface area (Å²) in [5.74, 6) is -0.369. The second-order valence-electron chi connectivity index (χ2n) is 3.37. The first-order valence-electron chi connectivity index (χ1n) is 3.68. The monoisotopic (exact) mass is 186 g/mol. The molecule has 0 fully saturated rings. The molecule has 6 nitrogen and oxygen atoms in total. The summed E-state index contributed by atoms with van der Waals surface area (Å²) in [6, 6.07) is 0. The van der Waals surface area contributed by atoms with E-state index >= 15 is 0 Å². The number of aliphatic hydroxyl groups is 2. The van der Waals surface area contributed by atoms with Crippen molar-refractivity contribution in [3.63, 3.8) is 0 Å². The Kier molecular flexibility index (Phi) is 1.80. The number of nitrogens with two attached hydrogens (primary N) is 4. The van der Waals surface area contributed by atoms with E-state index in [9.17, 15) is 10.2 Å². The van der Waals surface area contributed by atoms with E-state index in [0.717, 1.165) is 0 Å². The molecule has 74 valence electrons. The van der Waals surface area contributed by atoms with Crippen LogP contribution in [-0.4, -0.2) is 21.5 Å². The van der Waals surface area contributed by atoms with Crippen LogP contribution in [0.3, 0.4) is 0 Å². The molecule has 10 N–H and O–H groups in total. The SMILES string of the molecule is CC1(N)C(O)=C(N)C=C(N)C1(N)O. The first-order chi connectivity index (χ1) is 5.71. The minimum Gasteiger partial charge on any atom is -0.508 e. The minimum absolute atomic E-state index is 0.0117. The zero-order valence-corrected chi connectivity index (χ0v) is 7.28.